The predicted octanol–water partition coefficient (Wildman–Crippen LogP) is 1.65. The number of imidazole rings is 1. The van der Waals surface area contributed by atoms with Crippen LogP contribution in [-0.4, -0.2) is 56.6 Å². The summed E-state index contributed by atoms with van der Waals surface area (Å²) in [6.07, 6.45) is 5.69. The second kappa shape index (κ2) is 8.66. The minimum absolute atomic E-state index is 0.119. The Kier molecular flexibility index (Phi) is 6.29. The molecule has 0 spiro atoms. The van der Waals surface area contributed by atoms with Crippen molar-refractivity contribution in [1.29, 1.82) is 0 Å². The van der Waals surface area contributed by atoms with Crippen LogP contribution in [0.3, 0.4) is 0 Å². The lowest BCUT2D eigenvalue weighted by Gasteiger charge is -2.32. The number of aromatic amines is 1. The van der Waals surface area contributed by atoms with Crippen LogP contribution < -0.4 is 9.46 Å². The van der Waals surface area contributed by atoms with E-state index in [4.69, 9.17) is 4.74 Å². The normalized spacial score (nSPS) is 16.7. The van der Waals surface area contributed by atoms with Gasteiger partial charge in [0.25, 0.3) is 10.0 Å². The largest absolute Gasteiger partial charge is 0.497 e. The number of piperidine rings is 1. The molecule has 3 rings (SSSR count). The quantitative estimate of drug-likeness (QED) is 0.729. The number of H-pyrrole nitrogens is 1. The van der Waals surface area contributed by atoms with Gasteiger partial charge >= 0.3 is 0 Å². The van der Waals surface area contributed by atoms with Crippen molar-refractivity contribution >= 4 is 10.0 Å². The summed E-state index contributed by atoms with van der Waals surface area (Å²) in [6.45, 7) is 3.49. The Bertz CT molecular complexity index is 785. The Hall–Kier alpha value is -1.90. The van der Waals surface area contributed by atoms with Gasteiger partial charge in [0, 0.05) is 13.1 Å². The van der Waals surface area contributed by atoms with Crippen LogP contribution >= 0.6 is 0 Å². The zero-order valence-corrected chi connectivity index (χ0v) is 15.8. The number of hydrogen-bond acceptors (Lipinski definition) is 5. The topological polar surface area (TPSA) is 87.3 Å². The number of nitrogens with zero attached hydrogens (tertiary/aromatic N) is 2. The van der Waals surface area contributed by atoms with Crippen molar-refractivity contribution in [2.75, 3.05) is 33.3 Å². The van der Waals surface area contributed by atoms with Crippen LogP contribution in [-0.2, 0) is 16.4 Å². The fourth-order valence-electron chi connectivity index (χ4n) is 3.22. The van der Waals surface area contributed by atoms with Gasteiger partial charge in [-0.25, -0.2) is 18.1 Å². The summed E-state index contributed by atoms with van der Waals surface area (Å²) in [7, 11) is -1.79. The molecule has 142 valence electrons. The molecule has 0 atom stereocenters. The van der Waals surface area contributed by atoms with Crippen molar-refractivity contribution in [3.8, 4) is 5.75 Å². The third kappa shape index (κ3) is 5.06. The number of ether oxygens (including phenoxy) is 1. The van der Waals surface area contributed by atoms with Gasteiger partial charge in [0.2, 0.25) is 0 Å². The third-order valence-electron chi connectivity index (χ3n) is 4.88. The van der Waals surface area contributed by atoms with Crippen molar-refractivity contribution in [2.45, 2.75) is 24.3 Å². The zero-order chi connectivity index (χ0) is 18.4. The summed E-state index contributed by atoms with van der Waals surface area (Å²) in [5, 5.41) is 0.119. The first-order chi connectivity index (χ1) is 12.6. The lowest BCUT2D eigenvalue weighted by atomic mass is 9.97. The van der Waals surface area contributed by atoms with E-state index in [1.54, 1.807) is 7.11 Å². The smallest absolute Gasteiger partial charge is 0.257 e. The fraction of sp³-hybridized carbons (Fsp3) is 0.500. The second-order valence-electron chi connectivity index (χ2n) is 6.65. The molecule has 1 aromatic heterocycles. The highest BCUT2D eigenvalue weighted by Crippen LogP contribution is 2.18. The molecule has 7 nitrogen and oxygen atoms in total. The number of methoxy groups -OCH3 is 1. The molecular formula is C18H26N4O3S. The Morgan fingerprint density at radius 1 is 1.35 bits per heavy atom. The Morgan fingerprint density at radius 3 is 2.85 bits per heavy atom. The van der Waals surface area contributed by atoms with Gasteiger partial charge in [-0.3, -0.25) is 0 Å². The van der Waals surface area contributed by atoms with E-state index < -0.39 is 10.0 Å². The van der Waals surface area contributed by atoms with Gasteiger partial charge in [0.1, 0.15) is 5.75 Å². The first-order valence-electron chi connectivity index (χ1n) is 8.90. The van der Waals surface area contributed by atoms with Crippen molar-refractivity contribution < 1.29 is 13.2 Å². The number of sulfonamides is 1. The van der Waals surface area contributed by atoms with E-state index in [2.05, 4.69) is 31.7 Å². The van der Waals surface area contributed by atoms with E-state index in [0.717, 1.165) is 44.6 Å². The summed E-state index contributed by atoms with van der Waals surface area (Å²) in [6, 6.07) is 8.18. The standard InChI is InChI=1S/C18H26N4O3S/c1-25-17-4-2-3-15(11-17)5-8-22-9-6-16(7-10-22)12-21-26(23,24)18-13-19-14-20-18/h2-4,11,13-14,16,21H,5-10,12H2,1H3,(H,19,20). The number of benzene rings is 1. The van der Waals surface area contributed by atoms with Gasteiger partial charge in [-0.2, -0.15) is 0 Å². The van der Waals surface area contributed by atoms with Crippen molar-refractivity contribution in [2.24, 2.45) is 5.92 Å². The molecule has 1 aliphatic rings. The maximum absolute atomic E-state index is 12.1. The number of likely N-dealkylation sites (tertiary alicyclic amines) is 1. The van der Waals surface area contributed by atoms with Crippen molar-refractivity contribution in [3.05, 3.63) is 42.4 Å². The van der Waals surface area contributed by atoms with E-state index in [0.29, 0.717) is 12.5 Å². The summed E-state index contributed by atoms with van der Waals surface area (Å²) < 4.78 is 32.2. The van der Waals surface area contributed by atoms with Gasteiger partial charge in [0.05, 0.1) is 19.6 Å². The minimum atomic E-state index is -3.48. The second-order valence-corrected chi connectivity index (χ2v) is 8.39. The zero-order valence-electron chi connectivity index (χ0n) is 15.0. The molecule has 1 fully saturated rings. The van der Waals surface area contributed by atoms with Crippen LogP contribution in [0, 0.1) is 5.92 Å². The Balaban J connectivity index is 1.40. The lowest BCUT2D eigenvalue weighted by molar-refractivity contribution is 0.187. The van der Waals surface area contributed by atoms with Crippen LogP contribution in [0.1, 0.15) is 18.4 Å². The average Bonchev–Trinajstić information content (AvgIpc) is 3.22. The number of rotatable bonds is 8. The average molecular weight is 378 g/mol. The first kappa shape index (κ1) is 18.9. The molecule has 0 saturated carbocycles. The molecule has 0 unspecified atom stereocenters. The molecule has 0 bridgehead atoms. The predicted molar refractivity (Wildman–Crippen MR) is 99.6 cm³/mol. The molecule has 2 N–H and O–H groups in total. The van der Waals surface area contributed by atoms with Gasteiger partial charge in [-0.1, -0.05) is 12.1 Å². The lowest BCUT2D eigenvalue weighted by Crippen LogP contribution is -2.39. The number of hydrogen-bond donors (Lipinski definition) is 2. The molecule has 8 heteroatoms. The van der Waals surface area contributed by atoms with E-state index in [1.807, 2.05) is 12.1 Å². The Morgan fingerprint density at radius 2 is 2.15 bits per heavy atom. The monoisotopic (exact) mass is 378 g/mol. The molecule has 2 aromatic rings. The van der Waals surface area contributed by atoms with Crippen LogP contribution in [0.25, 0.3) is 0 Å². The van der Waals surface area contributed by atoms with Crippen LogP contribution in [0.2, 0.25) is 0 Å². The highest BCUT2D eigenvalue weighted by atomic mass is 32.2. The summed E-state index contributed by atoms with van der Waals surface area (Å²) in [5.74, 6) is 1.27. The SMILES string of the molecule is COc1cccc(CCN2CCC(CNS(=O)(=O)c3cnc[nH]3)CC2)c1. The highest BCUT2D eigenvalue weighted by molar-refractivity contribution is 7.89. The van der Waals surface area contributed by atoms with Crippen LogP contribution in [0.5, 0.6) is 5.75 Å². The first-order valence-corrected chi connectivity index (χ1v) is 10.4. The molecule has 2 heterocycles. The Labute approximate surface area is 154 Å². The third-order valence-corrected chi connectivity index (χ3v) is 6.23. The van der Waals surface area contributed by atoms with Gasteiger partial charge < -0.3 is 14.6 Å². The minimum Gasteiger partial charge on any atom is -0.497 e. The van der Waals surface area contributed by atoms with Crippen molar-refractivity contribution in [1.82, 2.24) is 19.6 Å². The molecule has 0 aliphatic carbocycles. The van der Waals surface area contributed by atoms with E-state index in [1.165, 1.54) is 18.1 Å². The van der Waals surface area contributed by atoms with Crippen molar-refractivity contribution in [3.63, 3.8) is 0 Å². The maximum atomic E-state index is 12.1. The number of nitrogens with one attached hydrogen (secondary N) is 2. The molecule has 0 amide bonds. The fourth-order valence-corrected chi connectivity index (χ4v) is 4.24. The maximum Gasteiger partial charge on any atom is 0.257 e. The van der Waals surface area contributed by atoms with Crippen LogP contribution in [0.4, 0.5) is 0 Å². The molecule has 26 heavy (non-hydrogen) atoms. The summed E-state index contributed by atoms with van der Waals surface area (Å²) >= 11 is 0. The molecule has 1 saturated heterocycles. The van der Waals surface area contributed by atoms with Gasteiger partial charge in [0.15, 0.2) is 5.03 Å². The summed E-state index contributed by atoms with van der Waals surface area (Å²) in [4.78, 5) is 8.84. The molecule has 0 radical (unpaired) electrons. The van der Waals surface area contributed by atoms with E-state index >= 15 is 0 Å². The van der Waals surface area contributed by atoms with Gasteiger partial charge in [-0.05, 0) is 56.0 Å². The summed E-state index contributed by atoms with van der Waals surface area (Å²) in [5.41, 5.74) is 1.28. The number of aromatic nitrogens is 2. The van der Waals surface area contributed by atoms with Crippen LogP contribution in [0.15, 0.2) is 41.8 Å². The molecule has 1 aromatic carbocycles. The molecule has 1 aliphatic heterocycles. The molecular weight excluding hydrogens is 352 g/mol. The van der Waals surface area contributed by atoms with E-state index in [-0.39, 0.29) is 5.03 Å². The van der Waals surface area contributed by atoms with E-state index in [9.17, 15) is 8.42 Å². The van der Waals surface area contributed by atoms with Gasteiger partial charge in [-0.15, -0.1) is 0 Å². The highest BCUT2D eigenvalue weighted by Gasteiger charge is 2.22.